The number of phenols is 1. The molecular formula is C21H36O5. The van der Waals surface area contributed by atoms with Gasteiger partial charge in [0.05, 0.1) is 5.92 Å². The maximum Gasteiger partial charge on any atom is 0.310 e. The van der Waals surface area contributed by atoms with Crippen molar-refractivity contribution in [3.8, 4) is 5.75 Å². The summed E-state index contributed by atoms with van der Waals surface area (Å²) in [5.41, 5.74) is 1.86. The van der Waals surface area contributed by atoms with Gasteiger partial charge in [-0.15, -0.1) is 0 Å². The van der Waals surface area contributed by atoms with E-state index in [1.165, 1.54) is 0 Å². The van der Waals surface area contributed by atoms with Gasteiger partial charge in [0.2, 0.25) is 0 Å². The van der Waals surface area contributed by atoms with Crippen LogP contribution in [0.4, 0.5) is 0 Å². The number of benzene rings is 1. The molecule has 5 heteroatoms. The molecule has 0 aliphatic rings. The average molecular weight is 369 g/mol. The summed E-state index contributed by atoms with van der Waals surface area (Å²) in [4.78, 5) is 11.2. The average Bonchev–Trinajstić information content (AvgIpc) is 2.44. The molecule has 0 amide bonds. The minimum Gasteiger partial charge on any atom is -0.507 e. The fraction of sp³-hybridized carbons (Fsp3) is 0.667. The van der Waals surface area contributed by atoms with Gasteiger partial charge in [-0.3, -0.25) is 4.79 Å². The number of rotatable bonds is 4. The van der Waals surface area contributed by atoms with E-state index in [-0.39, 0.29) is 16.6 Å². The smallest absolute Gasteiger partial charge is 0.310 e. The topological polar surface area (TPSA) is 98.0 Å². The Bertz CT molecular complexity index is 556. The Hall–Kier alpha value is -1.59. The molecule has 150 valence electrons. The van der Waals surface area contributed by atoms with E-state index in [4.69, 9.17) is 10.2 Å². The Morgan fingerprint density at radius 1 is 1.00 bits per heavy atom. The summed E-state index contributed by atoms with van der Waals surface area (Å²) < 4.78 is 0. The second-order valence-corrected chi connectivity index (χ2v) is 8.79. The Kier molecular flexibility index (Phi) is 8.80. The van der Waals surface area contributed by atoms with Crippen LogP contribution < -0.4 is 0 Å². The van der Waals surface area contributed by atoms with Crippen molar-refractivity contribution >= 4 is 5.97 Å². The fourth-order valence-corrected chi connectivity index (χ4v) is 2.45. The first-order chi connectivity index (χ1) is 11.6. The molecule has 0 saturated heterocycles. The highest BCUT2D eigenvalue weighted by Gasteiger charge is 2.28. The highest BCUT2D eigenvalue weighted by Crippen LogP contribution is 2.41. The molecule has 0 aliphatic carbocycles. The van der Waals surface area contributed by atoms with Gasteiger partial charge in [0.25, 0.3) is 0 Å². The van der Waals surface area contributed by atoms with Gasteiger partial charge in [0.15, 0.2) is 6.29 Å². The van der Waals surface area contributed by atoms with Crippen LogP contribution >= 0.6 is 0 Å². The maximum absolute atomic E-state index is 11.2. The van der Waals surface area contributed by atoms with Gasteiger partial charge in [-0.1, -0.05) is 67.0 Å². The van der Waals surface area contributed by atoms with Crippen molar-refractivity contribution in [1.82, 2.24) is 0 Å². The number of aliphatic hydroxyl groups excluding tert-OH is 1. The van der Waals surface area contributed by atoms with Gasteiger partial charge < -0.3 is 20.4 Å². The monoisotopic (exact) mass is 368 g/mol. The highest BCUT2D eigenvalue weighted by atomic mass is 16.5. The summed E-state index contributed by atoms with van der Waals surface area (Å²) in [5.74, 6) is -1.15. The van der Waals surface area contributed by atoms with Crippen molar-refractivity contribution < 1.29 is 25.2 Å². The number of aliphatic hydroxyl groups is 2. The second-order valence-electron chi connectivity index (χ2n) is 8.79. The van der Waals surface area contributed by atoms with Gasteiger partial charge in [-0.25, -0.2) is 0 Å². The molecule has 4 N–H and O–H groups in total. The summed E-state index contributed by atoms with van der Waals surface area (Å²) in [7, 11) is 0. The van der Waals surface area contributed by atoms with E-state index < -0.39 is 18.2 Å². The van der Waals surface area contributed by atoms with Crippen LogP contribution in [0.2, 0.25) is 0 Å². The maximum atomic E-state index is 11.2. The second kappa shape index (κ2) is 9.38. The molecule has 1 aromatic carbocycles. The number of carbonyl (C=O) groups is 1. The Morgan fingerprint density at radius 3 is 1.58 bits per heavy atom. The van der Waals surface area contributed by atoms with Crippen LogP contribution in [0.15, 0.2) is 12.1 Å². The van der Waals surface area contributed by atoms with E-state index in [1.54, 1.807) is 6.92 Å². The predicted molar refractivity (Wildman–Crippen MR) is 105 cm³/mol. The van der Waals surface area contributed by atoms with Crippen molar-refractivity contribution in [2.45, 2.75) is 91.3 Å². The number of hydrogen-bond donors (Lipinski definition) is 4. The number of phenolic OH excluding ortho intramolecular Hbond substituents is 1. The first kappa shape index (κ1) is 24.4. The van der Waals surface area contributed by atoms with Gasteiger partial charge in [-0.2, -0.15) is 0 Å². The molecule has 0 radical (unpaired) electrons. The Morgan fingerprint density at radius 2 is 1.38 bits per heavy atom. The molecule has 1 aromatic rings. The van der Waals surface area contributed by atoms with Crippen LogP contribution in [0, 0.1) is 0 Å². The van der Waals surface area contributed by atoms with E-state index in [2.05, 4.69) is 0 Å². The fourth-order valence-electron chi connectivity index (χ4n) is 2.45. The molecule has 1 atom stereocenters. The molecule has 0 aliphatic heterocycles. The number of hydrogen-bond acceptors (Lipinski definition) is 4. The molecule has 26 heavy (non-hydrogen) atoms. The van der Waals surface area contributed by atoms with E-state index in [9.17, 15) is 15.0 Å². The molecule has 0 spiro atoms. The molecule has 0 heterocycles. The van der Waals surface area contributed by atoms with Crippen LogP contribution in [-0.4, -0.2) is 32.7 Å². The van der Waals surface area contributed by atoms with Gasteiger partial charge >= 0.3 is 5.97 Å². The van der Waals surface area contributed by atoms with Crippen LogP contribution in [0.3, 0.4) is 0 Å². The quantitative estimate of drug-likeness (QED) is 0.595. The van der Waals surface area contributed by atoms with Gasteiger partial charge in [0, 0.05) is 0 Å². The highest BCUT2D eigenvalue weighted by molar-refractivity contribution is 5.76. The Labute approximate surface area is 157 Å². The van der Waals surface area contributed by atoms with Gasteiger partial charge in [-0.05, 0) is 40.9 Å². The lowest BCUT2D eigenvalue weighted by molar-refractivity contribution is -0.138. The summed E-state index contributed by atoms with van der Waals surface area (Å²) >= 11 is 0. The summed E-state index contributed by atoms with van der Waals surface area (Å²) in [6.07, 6.45) is 0.215. The summed E-state index contributed by atoms with van der Waals surface area (Å²) in [6, 6.07) is 3.65. The number of aliphatic carboxylic acids is 1. The minimum atomic E-state index is -1.10. The van der Waals surface area contributed by atoms with Crippen molar-refractivity contribution in [3.05, 3.63) is 28.8 Å². The third-order valence-electron chi connectivity index (χ3n) is 4.17. The van der Waals surface area contributed by atoms with E-state index in [1.807, 2.05) is 60.6 Å². The lowest BCUT2D eigenvalue weighted by atomic mass is 9.77. The molecule has 0 fully saturated rings. The normalized spacial score (nSPS) is 13.2. The van der Waals surface area contributed by atoms with E-state index >= 15 is 0 Å². The van der Waals surface area contributed by atoms with E-state index in [0.717, 1.165) is 23.1 Å². The Balaban J connectivity index is 0.000000896. The third kappa shape index (κ3) is 7.34. The zero-order chi connectivity index (χ0) is 20.9. The van der Waals surface area contributed by atoms with Crippen molar-refractivity contribution in [1.29, 1.82) is 0 Å². The minimum absolute atomic E-state index is 0.238. The van der Waals surface area contributed by atoms with E-state index in [0.29, 0.717) is 6.42 Å². The molecule has 0 saturated carbocycles. The zero-order valence-electron chi connectivity index (χ0n) is 17.4. The largest absolute Gasteiger partial charge is 0.507 e. The van der Waals surface area contributed by atoms with Crippen molar-refractivity contribution in [3.63, 3.8) is 0 Å². The molecule has 1 unspecified atom stereocenters. The SMILES string of the molecule is CC(C(=O)O)c1cc(C(C)(C)C)c(O)c(C(C)(C)C)c1.CCCC(O)O. The first-order valence-electron chi connectivity index (χ1n) is 9.09. The lowest BCUT2D eigenvalue weighted by Gasteiger charge is -2.28. The first-order valence-corrected chi connectivity index (χ1v) is 9.09. The molecule has 0 bridgehead atoms. The molecule has 1 rings (SSSR count). The standard InChI is InChI=1S/C17H26O3.C4H10O2/c1-10(15(19)20)11-8-12(16(2,3)4)14(18)13(9-11)17(5,6)7;1-2-3-4(5)6/h8-10,18H,1-7H3,(H,19,20);4-6H,2-3H2,1H3. The number of carboxylic acid groups (broad SMARTS) is 1. The van der Waals surface area contributed by atoms with Crippen LogP contribution in [0.25, 0.3) is 0 Å². The van der Waals surface area contributed by atoms with Crippen molar-refractivity contribution in [2.75, 3.05) is 0 Å². The predicted octanol–water partition coefficient (Wildman–Crippen LogP) is 4.27. The number of aromatic hydroxyl groups is 1. The van der Waals surface area contributed by atoms with Crippen LogP contribution in [-0.2, 0) is 15.6 Å². The molecule has 5 nitrogen and oxygen atoms in total. The number of carboxylic acids is 1. The molecule has 0 aromatic heterocycles. The lowest BCUT2D eigenvalue weighted by Crippen LogP contribution is -2.19. The molecular weight excluding hydrogens is 332 g/mol. The zero-order valence-corrected chi connectivity index (χ0v) is 17.4. The van der Waals surface area contributed by atoms with Crippen molar-refractivity contribution in [2.24, 2.45) is 0 Å². The third-order valence-corrected chi connectivity index (χ3v) is 4.17. The summed E-state index contributed by atoms with van der Waals surface area (Å²) in [5, 5.41) is 36.0. The van der Waals surface area contributed by atoms with Crippen LogP contribution in [0.1, 0.15) is 90.8 Å². The van der Waals surface area contributed by atoms with Crippen LogP contribution in [0.5, 0.6) is 5.75 Å². The van der Waals surface area contributed by atoms with Gasteiger partial charge in [0.1, 0.15) is 5.75 Å². The summed E-state index contributed by atoms with van der Waals surface area (Å²) in [6.45, 7) is 15.7.